The summed E-state index contributed by atoms with van der Waals surface area (Å²) in [7, 11) is -2.03. The number of sulfonamides is 1. The first-order chi connectivity index (χ1) is 15.8. The highest BCUT2D eigenvalue weighted by molar-refractivity contribution is 7.89. The summed E-state index contributed by atoms with van der Waals surface area (Å²) in [5, 5.41) is 0. The molecule has 2 aromatic carbocycles. The number of nitrogens with zero attached hydrogens (tertiary/aromatic N) is 2. The van der Waals surface area contributed by atoms with Gasteiger partial charge < -0.3 is 10.6 Å². The van der Waals surface area contributed by atoms with Gasteiger partial charge in [0, 0.05) is 36.8 Å². The molecule has 2 fully saturated rings. The molecular formula is C25H31N3O4S. The molecule has 0 aliphatic heterocycles. The zero-order valence-corrected chi connectivity index (χ0v) is 19.8. The van der Waals surface area contributed by atoms with Crippen LogP contribution in [0.25, 0.3) is 0 Å². The van der Waals surface area contributed by atoms with Gasteiger partial charge in [-0.3, -0.25) is 9.59 Å². The lowest BCUT2D eigenvalue weighted by Crippen LogP contribution is -2.38. The molecule has 2 aromatic rings. The number of primary amides is 1. The third-order valence-electron chi connectivity index (χ3n) is 6.69. The highest BCUT2D eigenvalue weighted by atomic mass is 32.2. The summed E-state index contributed by atoms with van der Waals surface area (Å²) < 4.78 is 28.0. The van der Waals surface area contributed by atoms with Gasteiger partial charge in [0.2, 0.25) is 15.9 Å². The summed E-state index contributed by atoms with van der Waals surface area (Å²) in [5.74, 6) is -0.679. The fraction of sp³-hybridized carbons (Fsp3) is 0.440. The van der Waals surface area contributed by atoms with Gasteiger partial charge in [-0.1, -0.05) is 37.5 Å². The smallest absolute Gasteiger partial charge is 0.254 e. The number of amides is 2. The quantitative estimate of drug-likeness (QED) is 0.639. The third-order valence-corrected chi connectivity index (χ3v) is 8.59. The van der Waals surface area contributed by atoms with Crippen molar-refractivity contribution in [1.29, 1.82) is 0 Å². The first kappa shape index (κ1) is 23.4. The molecule has 0 atom stereocenters. The van der Waals surface area contributed by atoms with E-state index in [4.69, 9.17) is 5.73 Å². The van der Waals surface area contributed by atoms with E-state index >= 15 is 0 Å². The van der Waals surface area contributed by atoms with Gasteiger partial charge in [0.1, 0.15) is 0 Å². The molecule has 8 heteroatoms. The molecule has 0 saturated heterocycles. The van der Waals surface area contributed by atoms with Crippen LogP contribution in [0, 0.1) is 0 Å². The lowest BCUT2D eigenvalue weighted by Gasteiger charge is -2.30. The van der Waals surface area contributed by atoms with Gasteiger partial charge in [0.15, 0.2) is 0 Å². The van der Waals surface area contributed by atoms with Crippen LogP contribution in [0.15, 0.2) is 53.4 Å². The van der Waals surface area contributed by atoms with Crippen LogP contribution >= 0.6 is 0 Å². The van der Waals surface area contributed by atoms with E-state index in [0.717, 1.165) is 50.5 Å². The van der Waals surface area contributed by atoms with Gasteiger partial charge in [-0.05, 0) is 61.6 Å². The van der Waals surface area contributed by atoms with Crippen molar-refractivity contribution in [2.75, 3.05) is 7.05 Å². The van der Waals surface area contributed by atoms with Gasteiger partial charge in [0.25, 0.3) is 5.91 Å². The normalized spacial score (nSPS) is 17.2. The van der Waals surface area contributed by atoms with Crippen LogP contribution in [0.2, 0.25) is 0 Å². The molecule has 2 N–H and O–H groups in total. The maximum absolute atomic E-state index is 13.4. The molecule has 0 radical (unpaired) electrons. The zero-order valence-electron chi connectivity index (χ0n) is 18.9. The summed E-state index contributed by atoms with van der Waals surface area (Å²) in [6.45, 7) is 0.390. The highest BCUT2D eigenvalue weighted by Gasteiger charge is 2.34. The van der Waals surface area contributed by atoms with Crippen molar-refractivity contribution in [2.45, 2.75) is 68.5 Å². The fourth-order valence-electron chi connectivity index (χ4n) is 4.49. The topological polar surface area (TPSA) is 101 Å². The summed E-state index contributed by atoms with van der Waals surface area (Å²) in [5.41, 5.74) is 6.99. The standard InChI is InChI=1S/C25H31N3O4S/c1-27(21-7-3-2-4-8-21)33(31,32)23-9-5-6-20(16-23)25(30)28(22-14-15-22)17-18-10-12-19(13-11-18)24(26)29/h5-6,9-13,16,21-22H,2-4,7-8,14-15,17H2,1H3,(H2,26,29). The molecule has 0 heterocycles. The number of carbonyl (C=O) groups is 2. The Bertz CT molecular complexity index is 1120. The Labute approximate surface area is 195 Å². The number of hydrogen-bond acceptors (Lipinski definition) is 4. The Hall–Kier alpha value is -2.71. The number of benzene rings is 2. The van der Waals surface area contributed by atoms with Crippen molar-refractivity contribution in [2.24, 2.45) is 5.73 Å². The van der Waals surface area contributed by atoms with Crippen molar-refractivity contribution < 1.29 is 18.0 Å². The molecule has 176 valence electrons. The van der Waals surface area contributed by atoms with Crippen LogP contribution in [0.3, 0.4) is 0 Å². The second kappa shape index (κ2) is 9.65. The van der Waals surface area contributed by atoms with Gasteiger partial charge in [-0.25, -0.2) is 8.42 Å². The van der Waals surface area contributed by atoms with Crippen molar-refractivity contribution in [3.05, 3.63) is 65.2 Å². The first-order valence-corrected chi connectivity index (χ1v) is 13.0. The first-order valence-electron chi connectivity index (χ1n) is 11.5. The molecule has 7 nitrogen and oxygen atoms in total. The van der Waals surface area contributed by atoms with E-state index in [2.05, 4.69) is 0 Å². The molecule has 0 bridgehead atoms. The van der Waals surface area contributed by atoms with E-state index in [1.165, 1.54) is 10.4 Å². The Morgan fingerprint density at radius 3 is 2.18 bits per heavy atom. The predicted molar refractivity (Wildman–Crippen MR) is 126 cm³/mol. The van der Waals surface area contributed by atoms with Crippen molar-refractivity contribution >= 4 is 21.8 Å². The van der Waals surface area contributed by atoms with E-state index in [0.29, 0.717) is 17.7 Å². The lowest BCUT2D eigenvalue weighted by molar-refractivity contribution is 0.0729. The molecule has 0 spiro atoms. The van der Waals surface area contributed by atoms with Crippen molar-refractivity contribution in [1.82, 2.24) is 9.21 Å². The largest absolute Gasteiger partial charge is 0.366 e. The van der Waals surface area contributed by atoms with Crippen molar-refractivity contribution in [3.8, 4) is 0 Å². The van der Waals surface area contributed by atoms with E-state index in [1.54, 1.807) is 54.4 Å². The number of rotatable bonds is 8. The SMILES string of the molecule is CN(C1CCCCC1)S(=O)(=O)c1cccc(C(=O)N(Cc2ccc(C(N)=O)cc2)C2CC2)c1. The Morgan fingerprint density at radius 1 is 0.909 bits per heavy atom. The Morgan fingerprint density at radius 2 is 1.58 bits per heavy atom. The minimum absolute atomic E-state index is 0.00874. The lowest BCUT2D eigenvalue weighted by atomic mass is 9.96. The second-order valence-corrected chi connectivity index (χ2v) is 11.1. The highest BCUT2D eigenvalue weighted by Crippen LogP contribution is 2.31. The minimum Gasteiger partial charge on any atom is -0.366 e. The minimum atomic E-state index is -3.68. The van der Waals surface area contributed by atoms with Crippen molar-refractivity contribution in [3.63, 3.8) is 0 Å². The van der Waals surface area contributed by atoms with E-state index < -0.39 is 15.9 Å². The summed E-state index contributed by atoms with van der Waals surface area (Å²) >= 11 is 0. The maximum atomic E-state index is 13.4. The van der Waals surface area contributed by atoms with Crippen LogP contribution in [-0.2, 0) is 16.6 Å². The number of carbonyl (C=O) groups excluding carboxylic acids is 2. The van der Waals surface area contributed by atoms with Gasteiger partial charge in [-0.15, -0.1) is 0 Å². The number of hydrogen-bond donors (Lipinski definition) is 1. The van der Waals surface area contributed by atoms with Crippen LogP contribution in [0.4, 0.5) is 0 Å². The van der Waals surface area contributed by atoms with Gasteiger partial charge in [-0.2, -0.15) is 4.31 Å². The van der Waals surface area contributed by atoms with Crippen LogP contribution < -0.4 is 5.73 Å². The van der Waals surface area contributed by atoms with Gasteiger partial charge >= 0.3 is 0 Å². The molecule has 4 rings (SSSR count). The zero-order chi connectivity index (χ0) is 23.6. The Balaban J connectivity index is 1.54. The molecule has 0 unspecified atom stereocenters. The van der Waals surface area contributed by atoms with E-state index in [1.807, 2.05) is 0 Å². The summed E-state index contributed by atoms with van der Waals surface area (Å²) in [4.78, 5) is 26.7. The monoisotopic (exact) mass is 469 g/mol. The fourth-order valence-corrected chi connectivity index (χ4v) is 5.95. The van der Waals surface area contributed by atoms with Crippen LogP contribution in [0.1, 0.15) is 71.2 Å². The summed E-state index contributed by atoms with van der Waals surface area (Å²) in [6, 6.07) is 13.4. The predicted octanol–water partition coefficient (Wildman–Crippen LogP) is 3.54. The molecule has 33 heavy (non-hydrogen) atoms. The summed E-state index contributed by atoms with van der Waals surface area (Å²) in [6.07, 6.45) is 6.83. The maximum Gasteiger partial charge on any atom is 0.254 e. The molecule has 2 amide bonds. The third kappa shape index (κ3) is 5.28. The van der Waals surface area contributed by atoms with Crippen LogP contribution in [-0.4, -0.2) is 48.6 Å². The van der Waals surface area contributed by atoms with E-state index in [9.17, 15) is 18.0 Å². The molecule has 2 aliphatic carbocycles. The molecular weight excluding hydrogens is 438 g/mol. The number of nitrogens with two attached hydrogens (primary N) is 1. The Kier molecular flexibility index (Phi) is 6.86. The average Bonchev–Trinajstić information content (AvgIpc) is 3.68. The van der Waals surface area contributed by atoms with Gasteiger partial charge in [0.05, 0.1) is 4.90 Å². The second-order valence-electron chi connectivity index (χ2n) is 9.07. The van der Waals surface area contributed by atoms with E-state index in [-0.39, 0.29) is 22.9 Å². The molecule has 0 aromatic heterocycles. The molecule has 2 aliphatic rings. The molecule has 2 saturated carbocycles. The van der Waals surface area contributed by atoms with Crippen LogP contribution in [0.5, 0.6) is 0 Å². The average molecular weight is 470 g/mol.